The highest BCUT2D eigenvalue weighted by molar-refractivity contribution is 6.31. The SMILES string of the molecule is CN(C)c1ccc(NC(=O)Nc2ccc(F)c(Cl)c2)cc1C(=O)NCCc1ccccc1. The quantitative estimate of drug-likeness (QED) is 0.461. The second kappa shape index (κ2) is 10.6. The van der Waals surface area contributed by atoms with E-state index < -0.39 is 11.8 Å². The summed E-state index contributed by atoms with van der Waals surface area (Å²) in [7, 11) is 3.68. The summed E-state index contributed by atoms with van der Waals surface area (Å²) >= 11 is 5.75. The molecule has 166 valence electrons. The summed E-state index contributed by atoms with van der Waals surface area (Å²) in [5.74, 6) is -0.807. The molecule has 8 heteroatoms. The first-order valence-corrected chi connectivity index (χ1v) is 10.4. The van der Waals surface area contributed by atoms with Gasteiger partial charge < -0.3 is 20.9 Å². The fourth-order valence-electron chi connectivity index (χ4n) is 3.11. The Morgan fingerprint density at radius 3 is 2.25 bits per heavy atom. The third-order valence-corrected chi connectivity index (χ3v) is 4.99. The molecule has 3 rings (SSSR count). The van der Waals surface area contributed by atoms with Crippen LogP contribution in [0.1, 0.15) is 15.9 Å². The Bertz CT molecular complexity index is 1110. The second-order valence-electron chi connectivity index (χ2n) is 7.33. The van der Waals surface area contributed by atoms with Crippen molar-refractivity contribution in [3.8, 4) is 0 Å². The van der Waals surface area contributed by atoms with Crippen LogP contribution in [-0.2, 0) is 6.42 Å². The monoisotopic (exact) mass is 454 g/mol. The molecule has 6 nitrogen and oxygen atoms in total. The minimum Gasteiger partial charge on any atom is -0.377 e. The van der Waals surface area contributed by atoms with Crippen LogP contribution in [0, 0.1) is 5.82 Å². The van der Waals surface area contributed by atoms with Gasteiger partial charge in [-0.2, -0.15) is 0 Å². The second-order valence-corrected chi connectivity index (χ2v) is 7.73. The van der Waals surface area contributed by atoms with Gasteiger partial charge in [-0.25, -0.2) is 9.18 Å². The Labute approximate surface area is 191 Å². The number of hydrogen-bond acceptors (Lipinski definition) is 3. The summed E-state index contributed by atoms with van der Waals surface area (Å²) in [6.45, 7) is 0.485. The number of amides is 3. The van der Waals surface area contributed by atoms with Crippen molar-refractivity contribution in [3.63, 3.8) is 0 Å². The first-order chi connectivity index (χ1) is 15.3. The van der Waals surface area contributed by atoms with Gasteiger partial charge in [0.25, 0.3) is 5.91 Å². The smallest absolute Gasteiger partial charge is 0.323 e. The van der Waals surface area contributed by atoms with E-state index in [9.17, 15) is 14.0 Å². The fourth-order valence-corrected chi connectivity index (χ4v) is 3.29. The van der Waals surface area contributed by atoms with Crippen LogP contribution in [0.3, 0.4) is 0 Å². The molecule has 0 radical (unpaired) electrons. The predicted octanol–water partition coefficient (Wildman–Crippen LogP) is 5.16. The lowest BCUT2D eigenvalue weighted by molar-refractivity contribution is 0.0954. The Kier molecular flexibility index (Phi) is 7.68. The van der Waals surface area contributed by atoms with Crippen LogP contribution in [0.4, 0.5) is 26.2 Å². The Hall–Kier alpha value is -3.58. The van der Waals surface area contributed by atoms with E-state index in [0.29, 0.717) is 29.9 Å². The fraction of sp³-hybridized carbons (Fsp3) is 0.167. The van der Waals surface area contributed by atoms with Gasteiger partial charge in [-0.15, -0.1) is 0 Å². The van der Waals surface area contributed by atoms with Crippen molar-refractivity contribution in [2.75, 3.05) is 36.2 Å². The number of halogens is 2. The molecule has 0 fully saturated rings. The number of rotatable bonds is 7. The predicted molar refractivity (Wildman–Crippen MR) is 127 cm³/mol. The van der Waals surface area contributed by atoms with Gasteiger partial charge in [-0.05, 0) is 48.4 Å². The van der Waals surface area contributed by atoms with E-state index in [1.165, 1.54) is 18.2 Å². The van der Waals surface area contributed by atoms with Crippen LogP contribution in [-0.4, -0.2) is 32.6 Å². The molecule has 0 bridgehead atoms. The summed E-state index contributed by atoms with van der Waals surface area (Å²) in [6.07, 6.45) is 0.713. The van der Waals surface area contributed by atoms with Crippen LogP contribution in [0.25, 0.3) is 0 Å². The lowest BCUT2D eigenvalue weighted by Crippen LogP contribution is -2.28. The van der Waals surface area contributed by atoms with Gasteiger partial charge in [0.15, 0.2) is 0 Å². The van der Waals surface area contributed by atoms with E-state index in [2.05, 4.69) is 16.0 Å². The molecule has 0 saturated heterocycles. The van der Waals surface area contributed by atoms with Crippen molar-refractivity contribution in [2.24, 2.45) is 0 Å². The third-order valence-electron chi connectivity index (χ3n) is 4.70. The highest BCUT2D eigenvalue weighted by Gasteiger charge is 2.15. The molecule has 0 spiro atoms. The van der Waals surface area contributed by atoms with Gasteiger partial charge in [0.2, 0.25) is 0 Å². The summed E-state index contributed by atoms with van der Waals surface area (Å²) in [6, 6.07) is 18.3. The maximum absolute atomic E-state index is 13.3. The number of carbonyl (C=O) groups excluding carboxylic acids is 2. The van der Waals surface area contributed by atoms with Crippen molar-refractivity contribution < 1.29 is 14.0 Å². The Morgan fingerprint density at radius 2 is 1.59 bits per heavy atom. The van der Waals surface area contributed by atoms with E-state index in [1.807, 2.05) is 49.3 Å². The number of hydrogen-bond donors (Lipinski definition) is 3. The van der Waals surface area contributed by atoms with Crippen LogP contribution in [0.5, 0.6) is 0 Å². The molecule has 3 aromatic rings. The molecule has 3 amide bonds. The zero-order chi connectivity index (χ0) is 23.1. The third kappa shape index (κ3) is 6.21. The lowest BCUT2D eigenvalue weighted by atomic mass is 10.1. The van der Waals surface area contributed by atoms with Gasteiger partial charge in [-0.1, -0.05) is 41.9 Å². The highest BCUT2D eigenvalue weighted by Crippen LogP contribution is 2.24. The van der Waals surface area contributed by atoms with Crippen LogP contribution < -0.4 is 20.9 Å². The van der Waals surface area contributed by atoms with E-state index >= 15 is 0 Å². The minimum atomic E-state index is -0.570. The van der Waals surface area contributed by atoms with E-state index in [4.69, 9.17) is 11.6 Å². The number of nitrogens with zero attached hydrogens (tertiary/aromatic N) is 1. The molecular formula is C24H24ClFN4O2. The summed E-state index contributed by atoms with van der Waals surface area (Å²) in [5, 5.41) is 8.11. The van der Waals surface area contributed by atoms with Crippen molar-refractivity contribution in [1.29, 1.82) is 0 Å². The number of nitrogens with one attached hydrogen (secondary N) is 3. The van der Waals surface area contributed by atoms with Crippen molar-refractivity contribution >= 4 is 40.6 Å². The van der Waals surface area contributed by atoms with Crippen molar-refractivity contribution in [1.82, 2.24) is 5.32 Å². The average molecular weight is 455 g/mol. The van der Waals surface area contributed by atoms with Crippen LogP contribution >= 0.6 is 11.6 Å². The van der Waals surface area contributed by atoms with Crippen molar-refractivity contribution in [2.45, 2.75) is 6.42 Å². The lowest BCUT2D eigenvalue weighted by Gasteiger charge is -2.18. The molecule has 0 saturated carbocycles. The highest BCUT2D eigenvalue weighted by atomic mass is 35.5. The molecule has 32 heavy (non-hydrogen) atoms. The zero-order valence-electron chi connectivity index (χ0n) is 17.8. The molecule has 0 atom stereocenters. The molecular weight excluding hydrogens is 431 g/mol. The standard InChI is InChI=1S/C24H24ClFN4O2/c1-30(2)22-11-9-17(28-24(32)29-18-8-10-21(26)20(25)15-18)14-19(22)23(31)27-13-12-16-6-4-3-5-7-16/h3-11,14-15H,12-13H2,1-2H3,(H,27,31)(H2,28,29,32). The van der Waals surface area contributed by atoms with Crippen molar-refractivity contribution in [3.05, 3.63) is 88.7 Å². The van der Waals surface area contributed by atoms with E-state index in [1.54, 1.807) is 18.2 Å². The first-order valence-electron chi connectivity index (χ1n) is 10.00. The summed E-state index contributed by atoms with van der Waals surface area (Å²) in [4.78, 5) is 27.0. The Balaban J connectivity index is 1.68. The van der Waals surface area contributed by atoms with Crippen LogP contribution in [0.15, 0.2) is 66.7 Å². The Morgan fingerprint density at radius 1 is 0.938 bits per heavy atom. The van der Waals surface area contributed by atoms with Gasteiger partial charge in [0, 0.05) is 37.7 Å². The average Bonchev–Trinajstić information content (AvgIpc) is 2.76. The summed E-state index contributed by atoms with van der Waals surface area (Å²) in [5.41, 5.74) is 3.07. The molecule has 3 N–H and O–H groups in total. The number of urea groups is 1. The van der Waals surface area contributed by atoms with Gasteiger partial charge in [0.1, 0.15) is 5.82 Å². The number of benzene rings is 3. The van der Waals surface area contributed by atoms with E-state index in [0.717, 1.165) is 11.3 Å². The molecule has 0 aliphatic carbocycles. The number of anilines is 3. The van der Waals surface area contributed by atoms with Gasteiger partial charge >= 0.3 is 6.03 Å². The van der Waals surface area contributed by atoms with Gasteiger partial charge in [-0.3, -0.25) is 4.79 Å². The summed E-state index contributed by atoms with van der Waals surface area (Å²) < 4.78 is 13.3. The topological polar surface area (TPSA) is 73.5 Å². The molecule has 0 aromatic heterocycles. The molecule has 3 aromatic carbocycles. The maximum Gasteiger partial charge on any atom is 0.323 e. The minimum absolute atomic E-state index is 0.0902. The van der Waals surface area contributed by atoms with Crippen LogP contribution in [0.2, 0.25) is 5.02 Å². The van der Waals surface area contributed by atoms with E-state index in [-0.39, 0.29) is 10.9 Å². The number of carbonyl (C=O) groups is 2. The molecule has 0 heterocycles. The van der Waals surface area contributed by atoms with Gasteiger partial charge in [0.05, 0.1) is 10.6 Å². The maximum atomic E-state index is 13.3. The normalized spacial score (nSPS) is 10.4. The largest absolute Gasteiger partial charge is 0.377 e. The molecule has 0 aliphatic heterocycles. The molecule has 0 unspecified atom stereocenters. The molecule has 0 aliphatic rings. The zero-order valence-corrected chi connectivity index (χ0v) is 18.5. The first kappa shape index (κ1) is 23.1.